The number of rotatable bonds is 1. The Bertz CT molecular complexity index is 733. The summed E-state index contributed by atoms with van der Waals surface area (Å²) in [7, 11) is 0. The molecule has 0 aromatic rings. The van der Waals surface area contributed by atoms with Gasteiger partial charge < -0.3 is 5.32 Å². The van der Waals surface area contributed by atoms with E-state index >= 15 is 0 Å². The lowest BCUT2D eigenvalue weighted by Gasteiger charge is -2.54. The Labute approximate surface area is 149 Å². The molecule has 0 spiro atoms. The highest BCUT2D eigenvalue weighted by Gasteiger charge is 2.58. The highest BCUT2D eigenvalue weighted by molar-refractivity contribution is 6.01. The summed E-state index contributed by atoms with van der Waals surface area (Å²) < 4.78 is 0. The van der Waals surface area contributed by atoms with E-state index in [2.05, 4.69) is 31.3 Å². The van der Waals surface area contributed by atoms with E-state index in [4.69, 9.17) is 0 Å². The summed E-state index contributed by atoms with van der Waals surface area (Å²) in [6.45, 7) is 5.88. The second-order valence-electron chi connectivity index (χ2n) is 8.88. The molecule has 1 N–H and O–H groups in total. The number of Topliss-reactive ketones (excluding diaryl/α,β-unsaturated/α-hetero) is 2. The average Bonchev–Trinajstić information content (AvgIpc) is 2.86. The molecule has 0 saturated heterocycles. The Morgan fingerprint density at radius 1 is 1.08 bits per heavy atom. The van der Waals surface area contributed by atoms with Gasteiger partial charge in [-0.15, -0.1) is 0 Å². The molecule has 4 nitrogen and oxygen atoms in total. The number of carbonyl (C=O) groups is 3. The van der Waals surface area contributed by atoms with Crippen LogP contribution < -0.4 is 5.32 Å². The first-order valence-corrected chi connectivity index (χ1v) is 9.54. The Balaban J connectivity index is 1.79. The number of allylic oxidation sites excluding steroid dienone is 4. The number of nitrogens with one attached hydrogen (secondary N) is 1. The van der Waals surface area contributed by atoms with E-state index in [9.17, 15) is 14.4 Å². The van der Waals surface area contributed by atoms with Gasteiger partial charge in [0.15, 0.2) is 5.78 Å². The van der Waals surface area contributed by atoms with Crippen molar-refractivity contribution >= 4 is 17.5 Å². The van der Waals surface area contributed by atoms with Gasteiger partial charge in [0.1, 0.15) is 5.78 Å². The Morgan fingerprint density at radius 2 is 1.80 bits per heavy atom. The van der Waals surface area contributed by atoms with Crippen molar-refractivity contribution in [2.24, 2.45) is 28.6 Å². The normalized spacial score (nSPS) is 42.8. The predicted molar refractivity (Wildman–Crippen MR) is 94.4 cm³/mol. The van der Waals surface area contributed by atoms with Crippen molar-refractivity contribution in [2.45, 2.75) is 59.3 Å². The van der Waals surface area contributed by atoms with Crippen molar-refractivity contribution in [3.63, 3.8) is 0 Å². The van der Waals surface area contributed by atoms with Gasteiger partial charge in [-0.1, -0.05) is 26.0 Å². The minimum absolute atomic E-state index is 0.0440. The summed E-state index contributed by atoms with van der Waals surface area (Å²) in [6, 6.07) is 0. The van der Waals surface area contributed by atoms with Crippen LogP contribution in [0, 0.1) is 28.6 Å². The molecule has 0 bridgehead atoms. The molecule has 134 valence electrons. The highest BCUT2D eigenvalue weighted by atomic mass is 16.2. The van der Waals surface area contributed by atoms with E-state index in [1.54, 1.807) is 0 Å². The van der Waals surface area contributed by atoms with Gasteiger partial charge in [0.25, 0.3) is 0 Å². The summed E-state index contributed by atoms with van der Waals surface area (Å²) in [4.78, 5) is 36.5. The molecular formula is C21H27NO3. The van der Waals surface area contributed by atoms with Crippen molar-refractivity contribution in [2.75, 3.05) is 0 Å². The van der Waals surface area contributed by atoms with Gasteiger partial charge in [0.2, 0.25) is 5.91 Å². The zero-order valence-electron chi connectivity index (χ0n) is 15.4. The van der Waals surface area contributed by atoms with Gasteiger partial charge in [-0.25, -0.2) is 0 Å². The molecule has 4 rings (SSSR count). The molecular weight excluding hydrogens is 314 g/mol. The SMILES string of the molecule is CC(=O)NC1=C2C=C[C@@H]3[C@H](CC[C@]4(C)C(=O)CC[C@@H]34)[C@@]2(C)CCC1=O. The Morgan fingerprint density at radius 3 is 2.52 bits per heavy atom. The third-order valence-electron chi connectivity index (χ3n) is 7.68. The van der Waals surface area contributed by atoms with E-state index in [0.29, 0.717) is 42.1 Å². The topological polar surface area (TPSA) is 63.2 Å². The maximum Gasteiger partial charge on any atom is 0.221 e. The lowest BCUT2D eigenvalue weighted by atomic mass is 9.49. The zero-order valence-corrected chi connectivity index (χ0v) is 15.4. The second kappa shape index (κ2) is 5.39. The van der Waals surface area contributed by atoms with E-state index in [1.807, 2.05) is 0 Å². The number of amides is 1. The van der Waals surface area contributed by atoms with Crippen LogP contribution in [0.15, 0.2) is 23.4 Å². The fourth-order valence-electron chi connectivity index (χ4n) is 6.23. The summed E-state index contributed by atoms with van der Waals surface area (Å²) >= 11 is 0. The van der Waals surface area contributed by atoms with E-state index < -0.39 is 0 Å². The summed E-state index contributed by atoms with van der Waals surface area (Å²) in [5, 5.41) is 2.80. The van der Waals surface area contributed by atoms with E-state index in [1.165, 1.54) is 6.92 Å². The van der Waals surface area contributed by atoms with Crippen LogP contribution >= 0.6 is 0 Å². The number of ketones is 2. The first-order valence-electron chi connectivity index (χ1n) is 9.54. The largest absolute Gasteiger partial charge is 0.323 e. The van der Waals surface area contributed by atoms with Crippen molar-refractivity contribution in [1.82, 2.24) is 5.32 Å². The van der Waals surface area contributed by atoms with Crippen LogP contribution in [0.2, 0.25) is 0 Å². The standard InChI is InChI=1S/C21H27NO3/c1-12(23)22-19-16-5-4-13-14-6-7-18(25)21(14,3)10-8-15(13)20(16,2)11-9-17(19)24/h4-5,13-15H,6-11H2,1-3H3,(H,22,23)/t13-,14-,15-,20+,21-/m0/s1. The summed E-state index contributed by atoms with van der Waals surface area (Å²) in [5.41, 5.74) is 1.27. The monoisotopic (exact) mass is 341 g/mol. The van der Waals surface area contributed by atoms with Crippen molar-refractivity contribution in [3.8, 4) is 0 Å². The Hall–Kier alpha value is -1.71. The van der Waals surface area contributed by atoms with Crippen LogP contribution in [0.4, 0.5) is 0 Å². The fourth-order valence-corrected chi connectivity index (χ4v) is 6.23. The zero-order chi connectivity index (χ0) is 18.0. The lowest BCUT2D eigenvalue weighted by molar-refractivity contribution is -0.130. The minimum Gasteiger partial charge on any atom is -0.323 e. The van der Waals surface area contributed by atoms with Crippen molar-refractivity contribution in [1.29, 1.82) is 0 Å². The van der Waals surface area contributed by atoms with Gasteiger partial charge in [-0.05, 0) is 54.4 Å². The molecule has 5 atom stereocenters. The molecule has 4 heteroatoms. The third kappa shape index (κ3) is 2.22. The number of hydrogen-bond donors (Lipinski definition) is 1. The van der Waals surface area contributed by atoms with Crippen LogP contribution in [0.3, 0.4) is 0 Å². The summed E-state index contributed by atoms with van der Waals surface area (Å²) in [6.07, 6.45) is 9.34. The van der Waals surface area contributed by atoms with Crippen LogP contribution in [0.5, 0.6) is 0 Å². The fraction of sp³-hybridized carbons (Fsp3) is 0.667. The highest BCUT2D eigenvalue weighted by Crippen LogP contribution is 2.62. The molecule has 0 heterocycles. The molecule has 0 aliphatic heterocycles. The quantitative estimate of drug-likeness (QED) is 0.796. The molecule has 0 aromatic heterocycles. The molecule has 4 aliphatic carbocycles. The average molecular weight is 341 g/mol. The van der Waals surface area contributed by atoms with Gasteiger partial charge in [-0.3, -0.25) is 14.4 Å². The number of fused-ring (bicyclic) bond motifs is 5. The minimum atomic E-state index is -0.187. The van der Waals surface area contributed by atoms with Crippen LogP contribution in [-0.4, -0.2) is 17.5 Å². The predicted octanol–water partition coefficient (Wildman–Crippen LogP) is 3.33. The lowest BCUT2D eigenvalue weighted by Crippen LogP contribution is -2.50. The molecule has 0 radical (unpaired) electrons. The smallest absolute Gasteiger partial charge is 0.221 e. The third-order valence-corrected chi connectivity index (χ3v) is 7.68. The molecule has 25 heavy (non-hydrogen) atoms. The van der Waals surface area contributed by atoms with Crippen LogP contribution in [0.25, 0.3) is 0 Å². The van der Waals surface area contributed by atoms with Gasteiger partial charge in [-0.2, -0.15) is 0 Å². The number of hydrogen-bond acceptors (Lipinski definition) is 3. The van der Waals surface area contributed by atoms with Gasteiger partial charge in [0, 0.05) is 25.2 Å². The van der Waals surface area contributed by atoms with Crippen LogP contribution in [-0.2, 0) is 14.4 Å². The molecule has 0 unspecified atom stereocenters. The molecule has 1 amide bonds. The van der Waals surface area contributed by atoms with Crippen molar-refractivity contribution in [3.05, 3.63) is 23.4 Å². The first-order chi connectivity index (χ1) is 11.8. The summed E-state index contributed by atoms with van der Waals surface area (Å²) in [5.74, 6) is 1.58. The van der Waals surface area contributed by atoms with Gasteiger partial charge in [0.05, 0.1) is 5.70 Å². The first kappa shape index (κ1) is 16.7. The maximum atomic E-state index is 12.5. The number of carbonyl (C=O) groups excluding carboxylic acids is 3. The molecule has 2 saturated carbocycles. The van der Waals surface area contributed by atoms with E-state index in [-0.39, 0.29) is 22.5 Å². The molecule has 2 fully saturated rings. The second-order valence-corrected chi connectivity index (χ2v) is 8.88. The van der Waals surface area contributed by atoms with Crippen molar-refractivity contribution < 1.29 is 14.4 Å². The Kier molecular flexibility index (Phi) is 3.61. The molecule has 0 aromatic carbocycles. The van der Waals surface area contributed by atoms with E-state index in [0.717, 1.165) is 31.3 Å². The van der Waals surface area contributed by atoms with Crippen LogP contribution in [0.1, 0.15) is 59.3 Å². The van der Waals surface area contributed by atoms with Gasteiger partial charge >= 0.3 is 0 Å². The molecule has 4 aliphatic rings. The maximum absolute atomic E-state index is 12.5.